The first-order valence-corrected chi connectivity index (χ1v) is 11.1. The van der Waals surface area contributed by atoms with Crippen LogP contribution in [0.4, 0.5) is 0 Å². The Morgan fingerprint density at radius 1 is 1.03 bits per heavy atom. The molecule has 0 spiro atoms. The molecular formula is C22H20N2O3S2. The van der Waals surface area contributed by atoms with Crippen LogP contribution in [0.5, 0.6) is 0 Å². The fraction of sp³-hybridized carbons (Fsp3) is 0.182. The first-order chi connectivity index (χ1) is 13.7. The third-order valence-corrected chi connectivity index (χ3v) is 6.84. The van der Waals surface area contributed by atoms with Gasteiger partial charge in [0.05, 0.1) is 5.57 Å². The second-order valence-corrected chi connectivity index (χ2v) is 9.32. The van der Waals surface area contributed by atoms with Gasteiger partial charge in [-0.05, 0) is 62.1 Å². The van der Waals surface area contributed by atoms with Gasteiger partial charge in [-0.15, -0.1) is 0 Å². The largest absolute Gasteiger partial charge is 0.359 e. The zero-order chi connectivity index (χ0) is 21.2. The Bertz CT molecular complexity index is 1190. The van der Waals surface area contributed by atoms with E-state index >= 15 is 0 Å². The fourth-order valence-corrected chi connectivity index (χ4v) is 5.33. The molecule has 0 N–H and O–H groups in total. The molecule has 2 aromatic rings. The lowest BCUT2D eigenvalue weighted by Gasteiger charge is -2.10. The third-order valence-electron chi connectivity index (χ3n) is 4.44. The molecule has 0 saturated heterocycles. The van der Waals surface area contributed by atoms with E-state index in [1.807, 2.05) is 38.1 Å². The van der Waals surface area contributed by atoms with Crippen LogP contribution in [0.3, 0.4) is 0 Å². The number of nitrogens with zero attached hydrogens (tertiary/aromatic N) is 2. The van der Waals surface area contributed by atoms with Crippen molar-refractivity contribution in [2.24, 2.45) is 5.16 Å². The van der Waals surface area contributed by atoms with Crippen molar-refractivity contribution in [3.05, 3.63) is 81.3 Å². The van der Waals surface area contributed by atoms with E-state index in [4.69, 9.17) is 4.28 Å². The molecule has 29 heavy (non-hydrogen) atoms. The van der Waals surface area contributed by atoms with Crippen LogP contribution in [0.1, 0.15) is 27.8 Å². The standard InChI is InChI=1S/C22H20N2O3S2/c1-14-11-16(3)22(17(4)12-14)29(25,26)27-24-21-10-9-20(28-21)19(13-23)18-8-6-5-7-15(18)2/h5-12H,1-4H3/b20-19-,24-21+. The first kappa shape index (κ1) is 20.9. The number of hydrogen-bond donors (Lipinski definition) is 0. The van der Waals surface area contributed by atoms with Crippen LogP contribution < -0.4 is 0 Å². The lowest BCUT2D eigenvalue weighted by Crippen LogP contribution is -2.08. The van der Waals surface area contributed by atoms with Crippen LogP contribution >= 0.6 is 11.8 Å². The topological polar surface area (TPSA) is 79.5 Å². The summed E-state index contributed by atoms with van der Waals surface area (Å²) in [6.07, 6.45) is 3.38. The summed E-state index contributed by atoms with van der Waals surface area (Å²) in [6, 6.07) is 13.4. The average molecular weight is 425 g/mol. The number of hydrogen-bond acceptors (Lipinski definition) is 6. The Balaban J connectivity index is 1.87. The molecule has 148 valence electrons. The molecule has 2 aromatic carbocycles. The highest BCUT2D eigenvalue weighted by atomic mass is 32.2. The van der Waals surface area contributed by atoms with E-state index in [1.165, 1.54) is 11.8 Å². The van der Waals surface area contributed by atoms with Crippen LogP contribution in [-0.2, 0) is 14.4 Å². The van der Waals surface area contributed by atoms with Crippen LogP contribution in [0.25, 0.3) is 5.57 Å². The number of allylic oxidation sites excluding steroid dienone is 2. The SMILES string of the molecule is Cc1cc(C)c(S(=O)(=O)O/N=C2C=C/C(=C(\C#N)c3ccccc3C)S\2)c(C)c1. The Morgan fingerprint density at radius 3 is 2.31 bits per heavy atom. The van der Waals surface area contributed by atoms with E-state index in [2.05, 4.69) is 11.2 Å². The van der Waals surface area contributed by atoms with Crippen LogP contribution in [0.15, 0.2) is 63.5 Å². The van der Waals surface area contributed by atoms with Crippen molar-refractivity contribution in [3.63, 3.8) is 0 Å². The van der Waals surface area contributed by atoms with Gasteiger partial charge in [0.2, 0.25) is 0 Å². The minimum atomic E-state index is -4.04. The summed E-state index contributed by atoms with van der Waals surface area (Å²) >= 11 is 1.20. The predicted octanol–water partition coefficient (Wildman–Crippen LogP) is 5.18. The Kier molecular flexibility index (Phi) is 5.96. The van der Waals surface area contributed by atoms with Crippen molar-refractivity contribution >= 4 is 32.5 Å². The van der Waals surface area contributed by atoms with E-state index in [1.54, 1.807) is 38.1 Å². The summed E-state index contributed by atoms with van der Waals surface area (Å²) in [4.78, 5) is 0.831. The lowest BCUT2D eigenvalue weighted by molar-refractivity contribution is 0.340. The van der Waals surface area contributed by atoms with Crippen LogP contribution in [-0.4, -0.2) is 13.5 Å². The molecule has 0 unspecified atom stereocenters. The van der Waals surface area contributed by atoms with Crippen molar-refractivity contribution in [3.8, 4) is 6.07 Å². The maximum absolute atomic E-state index is 12.7. The molecule has 0 saturated carbocycles. The Labute approximate surface area is 175 Å². The molecule has 0 aliphatic carbocycles. The minimum absolute atomic E-state index is 0.132. The quantitative estimate of drug-likeness (QED) is 0.499. The van der Waals surface area contributed by atoms with Crippen molar-refractivity contribution < 1.29 is 12.7 Å². The van der Waals surface area contributed by atoms with Crippen LogP contribution in [0, 0.1) is 39.0 Å². The third kappa shape index (κ3) is 4.44. The van der Waals surface area contributed by atoms with E-state index < -0.39 is 10.1 Å². The monoisotopic (exact) mass is 424 g/mol. The maximum Gasteiger partial charge on any atom is 0.359 e. The van der Waals surface area contributed by atoms with Crippen molar-refractivity contribution in [1.29, 1.82) is 5.26 Å². The molecule has 3 rings (SSSR count). The zero-order valence-corrected chi connectivity index (χ0v) is 18.2. The van der Waals surface area contributed by atoms with Crippen molar-refractivity contribution in [2.75, 3.05) is 0 Å². The summed E-state index contributed by atoms with van der Waals surface area (Å²) in [5.41, 5.74) is 4.55. The molecule has 0 radical (unpaired) electrons. The number of nitriles is 1. The zero-order valence-electron chi connectivity index (χ0n) is 16.6. The van der Waals surface area contributed by atoms with Gasteiger partial charge in [-0.3, -0.25) is 4.28 Å². The summed E-state index contributed by atoms with van der Waals surface area (Å²) < 4.78 is 30.3. The van der Waals surface area contributed by atoms with Gasteiger partial charge in [0.25, 0.3) is 0 Å². The molecule has 0 aromatic heterocycles. The van der Waals surface area contributed by atoms with E-state index in [0.717, 1.165) is 16.7 Å². The summed E-state index contributed by atoms with van der Waals surface area (Å²) in [7, 11) is -4.04. The van der Waals surface area contributed by atoms with Gasteiger partial charge in [-0.2, -0.15) is 13.7 Å². The summed E-state index contributed by atoms with van der Waals surface area (Å²) in [5.74, 6) is 0. The predicted molar refractivity (Wildman–Crippen MR) is 117 cm³/mol. The second-order valence-electron chi connectivity index (χ2n) is 6.79. The van der Waals surface area contributed by atoms with E-state index in [0.29, 0.717) is 26.6 Å². The molecule has 1 aliphatic rings. The Morgan fingerprint density at radius 2 is 1.69 bits per heavy atom. The van der Waals surface area contributed by atoms with Gasteiger partial charge in [0.15, 0.2) is 0 Å². The highest BCUT2D eigenvalue weighted by molar-refractivity contribution is 8.18. The van der Waals surface area contributed by atoms with Crippen molar-refractivity contribution in [2.45, 2.75) is 32.6 Å². The molecule has 0 amide bonds. The molecule has 0 atom stereocenters. The van der Waals surface area contributed by atoms with Gasteiger partial charge in [-0.25, -0.2) is 0 Å². The lowest BCUT2D eigenvalue weighted by atomic mass is 10.0. The molecular weight excluding hydrogens is 404 g/mol. The number of thioether (sulfide) groups is 1. The van der Waals surface area contributed by atoms with Gasteiger partial charge >= 0.3 is 10.1 Å². The minimum Gasteiger partial charge on any atom is -0.264 e. The number of rotatable bonds is 4. The van der Waals surface area contributed by atoms with E-state index in [-0.39, 0.29) is 4.90 Å². The molecule has 0 bridgehead atoms. The molecule has 1 heterocycles. The van der Waals surface area contributed by atoms with Gasteiger partial charge < -0.3 is 0 Å². The molecule has 0 fully saturated rings. The maximum atomic E-state index is 12.7. The summed E-state index contributed by atoms with van der Waals surface area (Å²) in [6.45, 7) is 7.31. The molecule has 1 aliphatic heterocycles. The molecule has 7 heteroatoms. The highest BCUT2D eigenvalue weighted by Gasteiger charge is 2.23. The average Bonchev–Trinajstić information content (AvgIpc) is 3.10. The van der Waals surface area contributed by atoms with Crippen LogP contribution in [0.2, 0.25) is 0 Å². The summed E-state index contributed by atoms with van der Waals surface area (Å²) in [5, 5.41) is 13.8. The first-order valence-electron chi connectivity index (χ1n) is 8.88. The highest BCUT2D eigenvalue weighted by Crippen LogP contribution is 2.35. The van der Waals surface area contributed by atoms with E-state index in [9.17, 15) is 13.7 Å². The fourth-order valence-electron chi connectivity index (χ4n) is 3.30. The van der Waals surface area contributed by atoms with Crippen molar-refractivity contribution in [1.82, 2.24) is 0 Å². The van der Waals surface area contributed by atoms with Gasteiger partial charge in [0.1, 0.15) is 16.0 Å². The van der Waals surface area contributed by atoms with Gasteiger partial charge in [0, 0.05) is 4.91 Å². The number of aryl methyl sites for hydroxylation is 4. The second kappa shape index (κ2) is 8.27. The number of oxime groups is 1. The number of benzene rings is 2. The van der Waals surface area contributed by atoms with Gasteiger partial charge in [-0.1, -0.05) is 58.9 Å². The normalized spacial score (nSPS) is 16.7. The smallest absolute Gasteiger partial charge is 0.264 e. The Hall–Kier alpha value is -2.82. The molecule has 5 nitrogen and oxygen atoms in total.